The number of thioether (sulfide) groups is 1. The van der Waals surface area contributed by atoms with Crippen LogP contribution in [0.3, 0.4) is 0 Å². The summed E-state index contributed by atoms with van der Waals surface area (Å²) < 4.78 is 10.3. The number of amidine groups is 1. The number of allylic oxidation sites excluding steroid dienone is 1. The number of hydrogen-bond donors (Lipinski definition) is 0. The average molecular weight is 344 g/mol. The van der Waals surface area contributed by atoms with Crippen LogP contribution in [-0.4, -0.2) is 29.1 Å². The van der Waals surface area contributed by atoms with Crippen molar-refractivity contribution in [2.45, 2.75) is 19.9 Å². The number of ether oxygens (including phenoxy) is 2. The number of esters is 2. The van der Waals surface area contributed by atoms with Gasteiger partial charge in [-0.3, -0.25) is 9.69 Å². The van der Waals surface area contributed by atoms with E-state index < -0.39 is 18.0 Å². The van der Waals surface area contributed by atoms with Gasteiger partial charge in [-0.1, -0.05) is 42.1 Å². The maximum absolute atomic E-state index is 12.4. The first-order valence-corrected chi connectivity index (χ1v) is 8.18. The fourth-order valence-corrected chi connectivity index (χ4v) is 3.57. The van der Waals surface area contributed by atoms with Gasteiger partial charge < -0.3 is 9.47 Å². The van der Waals surface area contributed by atoms with E-state index in [-0.39, 0.29) is 0 Å². The molecule has 0 aromatic heterocycles. The lowest BCUT2D eigenvalue weighted by Crippen LogP contribution is -2.37. The molecular weight excluding hydrogens is 328 g/mol. The number of carbonyl (C=O) groups is 2. The molecule has 0 aliphatic carbocycles. The molecule has 0 N–H and O–H groups in total. The fourth-order valence-electron chi connectivity index (χ4n) is 2.70. The van der Waals surface area contributed by atoms with E-state index in [2.05, 4.69) is 4.99 Å². The lowest BCUT2D eigenvalue weighted by molar-refractivity contribution is -0.138. The highest BCUT2D eigenvalue weighted by atomic mass is 32.2. The molecule has 0 spiro atoms. The van der Waals surface area contributed by atoms with Crippen LogP contribution in [0.5, 0.6) is 0 Å². The number of rotatable bonds is 3. The molecule has 0 saturated heterocycles. The van der Waals surface area contributed by atoms with Crippen LogP contribution in [0.15, 0.2) is 57.9 Å². The van der Waals surface area contributed by atoms with Gasteiger partial charge in [-0.15, -0.1) is 0 Å². The van der Waals surface area contributed by atoms with Crippen LogP contribution in [0.4, 0.5) is 0 Å². The summed E-state index contributed by atoms with van der Waals surface area (Å²) in [6, 6.07) is 9.05. The van der Waals surface area contributed by atoms with Crippen molar-refractivity contribution in [1.29, 1.82) is 0 Å². The zero-order valence-corrected chi connectivity index (χ0v) is 14.3. The Hall–Kier alpha value is -2.54. The Labute approximate surface area is 143 Å². The minimum absolute atomic E-state index is 0.356. The first-order chi connectivity index (χ1) is 11.5. The van der Waals surface area contributed by atoms with E-state index in [1.165, 1.54) is 25.8 Å². The Balaban J connectivity index is 2.13. The number of hydrogen-bond acceptors (Lipinski definition) is 7. The number of aliphatic imine (C=N–C) groups is 1. The molecular formula is C17H16N2O4S. The van der Waals surface area contributed by atoms with Gasteiger partial charge in [-0.05, 0) is 12.5 Å². The smallest absolute Gasteiger partial charge is 0.338 e. The number of benzene rings is 1. The third-order valence-corrected chi connectivity index (χ3v) is 4.48. The summed E-state index contributed by atoms with van der Waals surface area (Å²) in [6.07, 6.45) is 0. The van der Waals surface area contributed by atoms with Crippen molar-refractivity contribution in [1.82, 2.24) is 4.90 Å². The van der Waals surface area contributed by atoms with Crippen molar-refractivity contribution in [3.8, 4) is 0 Å². The second-order valence-corrected chi connectivity index (χ2v) is 6.07. The predicted molar refractivity (Wildman–Crippen MR) is 90.6 cm³/mol. The van der Waals surface area contributed by atoms with Gasteiger partial charge in [-0.25, -0.2) is 9.79 Å². The van der Waals surface area contributed by atoms with Gasteiger partial charge in [0.05, 0.1) is 24.4 Å². The van der Waals surface area contributed by atoms with Gasteiger partial charge in [0.25, 0.3) is 0 Å². The van der Waals surface area contributed by atoms with E-state index in [0.717, 1.165) is 5.56 Å². The van der Waals surface area contributed by atoms with Crippen LogP contribution in [0, 0.1) is 0 Å². The lowest BCUT2D eigenvalue weighted by atomic mass is 9.95. The van der Waals surface area contributed by atoms with E-state index in [1.54, 1.807) is 17.2 Å². The predicted octanol–water partition coefficient (Wildman–Crippen LogP) is 2.96. The molecule has 3 rings (SSSR count). The highest BCUT2D eigenvalue weighted by Gasteiger charge is 2.41. The Kier molecular flexibility index (Phi) is 4.44. The van der Waals surface area contributed by atoms with Gasteiger partial charge in [-0.2, -0.15) is 0 Å². The number of nitrogens with zero attached hydrogens (tertiary/aromatic N) is 2. The molecule has 2 aliphatic rings. The summed E-state index contributed by atoms with van der Waals surface area (Å²) in [6.45, 7) is 3.11. The molecule has 0 radical (unpaired) electrons. The maximum Gasteiger partial charge on any atom is 0.338 e. The highest BCUT2D eigenvalue weighted by Crippen LogP contribution is 2.44. The molecule has 24 heavy (non-hydrogen) atoms. The van der Waals surface area contributed by atoms with Gasteiger partial charge in [0, 0.05) is 12.3 Å². The third-order valence-electron chi connectivity index (χ3n) is 3.66. The zero-order valence-electron chi connectivity index (χ0n) is 13.5. The molecule has 0 bridgehead atoms. The van der Waals surface area contributed by atoms with Crippen molar-refractivity contribution in [3.63, 3.8) is 0 Å². The molecule has 2 heterocycles. The molecule has 1 aromatic carbocycles. The van der Waals surface area contributed by atoms with Gasteiger partial charge in [0.1, 0.15) is 0 Å². The Morgan fingerprint density at radius 2 is 1.96 bits per heavy atom. The van der Waals surface area contributed by atoms with E-state index in [4.69, 9.17) is 9.47 Å². The quantitative estimate of drug-likeness (QED) is 0.785. The fraction of sp³-hybridized carbons (Fsp3) is 0.235. The Morgan fingerprint density at radius 1 is 1.25 bits per heavy atom. The van der Waals surface area contributed by atoms with Gasteiger partial charge in [0.2, 0.25) is 5.88 Å². The summed E-state index contributed by atoms with van der Waals surface area (Å²) in [4.78, 5) is 30.0. The molecule has 1 aromatic rings. The SMILES string of the molecule is COC(=O)C1=C(C)N=C2SC=C(OC(C)=O)N2C1c1ccccc1. The maximum atomic E-state index is 12.4. The van der Waals surface area contributed by atoms with Crippen molar-refractivity contribution in [3.05, 3.63) is 58.5 Å². The van der Waals surface area contributed by atoms with Crippen LogP contribution < -0.4 is 0 Å². The Bertz CT molecular complexity index is 783. The molecule has 7 heteroatoms. The molecule has 124 valence electrons. The summed E-state index contributed by atoms with van der Waals surface area (Å²) >= 11 is 1.35. The van der Waals surface area contributed by atoms with Crippen LogP contribution in [0.25, 0.3) is 0 Å². The number of carbonyl (C=O) groups excluding carboxylic acids is 2. The Morgan fingerprint density at radius 3 is 2.58 bits per heavy atom. The molecule has 0 saturated carbocycles. The van der Waals surface area contributed by atoms with Crippen LogP contribution >= 0.6 is 11.8 Å². The second-order valence-electron chi connectivity index (χ2n) is 5.24. The van der Waals surface area contributed by atoms with Crippen LogP contribution in [-0.2, 0) is 19.1 Å². The minimum Gasteiger partial charge on any atom is -0.466 e. The van der Waals surface area contributed by atoms with E-state index in [0.29, 0.717) is 22.3 Å². The van der Waals surface area contributed by atoms with Gasteiger partial charge in [0.15, 0.2) is 5.17 Å². The second kappa shape index (κ2) is 6.52. The van der Waals surface area contributed by atoms with E-state index >= 15 is 0 Å². The summed E-state index contributed by atoms with van der Waals surface area (Å²) in [5, 5.41) is 2.37. The zero-order chi connectivity index (χ0) is 17.3. The standard InChI is InChI=1S/C17H16N2O4S/c1-10-14(16(21)22-3)15(12-7-5-4-6-8-12)19-13(23-11(2)20)9-24-17(19)18-10/h4-9,15H,1-3H3. The minimum atomic E-state index is -0.466. The summed E-state index contributed by atoms with van der Waals surface area (Å²) in [5.74, 6) is -0.530. The van der Waals surface area contributed by atoms with Crippen molar-refractivity contribution in [2.24, 2.45) is 4.99 Å². The van der Waals surface area contributed by atoms with Crippen molar-refractivity contribution >= 4 is 28.9 Å². The van der Waals surface area contributed by atoms with E-state index in [9.17, 15) is 9.59 Å². The topological polar surface area (TPSA) is 68.2 Å². The summed E-state index contributed by atoms with van der Waals surface area (Å²) in [7, 11) is 1.34. The third kappa shape index (κ3) is 2.82. The number of methoxy groups -OCH3 is 1. The van der Waals surface area contributed by atoms with Crippen LogP contribution in [0.1, 0.15) is 25.5 Å². The molecule has 0 fully saturated rings. The molecule has 1 atom stereocenters. The molecule has 6 nitrogen and oxygen atoms in total. The molecule has 2 aliphatic heterocycles. The lowest BCUT2D eigenvalue weighted by Gasteiger charge is -2.35. The highest BCUT2D eigenvalue weighted by molar-refractivity contribution is 8.16. The first kappa shape index (κ1) is 16.3. The largest absolute Gasteiger partial charge is 0.466 e. The van der Waals surface area contributed by atoms with Crippen molar-refractivity contribution < 1.29 is 19.1 Å². The summed E-state index contributed by atoms with van der Waals surface area (Å²) in [5.41, 5.74) is 1.89. The van der Waals surface area contributed by atoms with Crippen molar-refractivity contribution in [2.75, 3.05) is 7.11 Å². The number of fused-ring (bicyclic) bond motifs is 1. The van der Waals surface area contributed by atoms with E-state index in [1.807, 2.05) is 30.3 Å². The normalized spacial score (nSPS) is 19.5. The average Bonchev–Trinajstić information content (AvgIpc) is 2.95. The van der Waals surface area contributed by atoms with Crippen LogP contribution in [0.2, 0.25) is 0 Å². The van der Waals surface area contributed by atoms with Gasteiger partial charge >= 0.3 is 11.9 Å². The molecule has 1 unspecified atom stereocenters. The monoisotopic (exact) mass is 344 g/mol. The molecule has 0 amide bonds. The first-order valence-electron chi connectivity index (χ1n) is 7.30.